The van der Waals surface area contributed by atoms with Crippen LogP contribution < -0.4 is 4.73 Å². The minimum atomic E-state index is -1.49. The molecular weight excluding hydrogens is 333 g/mol. The van der Waals surface area contributed by atoms with Crippen LogP contribution in [0.5, 0.6) is 0 Å². The van der Waals surface area contributed by atoms with E-state index in [9.17, 15) is 19.9 Å². The fraction of sp³-hybridized carbons (Fsp3) is 0.0714. The Kier molecular flexibility index (Phi) is 4.25. The van der Waals surface area contributed by atoms with Gasteiger partial charge in [0.2, 0.25) is 11.4 Å². The molecule has 1 aromatic heterocycles. The standard InChI is InChI=1S/C14H9Cl2NO5/c1-6-12(14(20)21)9(13(18)19)5-11(17(6)22)8-3-2-7(15)4-10(8)16/h2-5H,1H3,(H,18,19)(H,20,21). The van der Waals surface area contributed by atoms with Crippen molar-refractivity contribution in [2.45, 2.75) is 6.92 Å². The van der Waals surface area contributed by atoms with Crippen LogP contribution in [0, 0.1) is 12.1 Å². The lowest BCUT2D eigenvalue weighted by Crippen LogP contribution is -2.36. The molecule has 0 saturated heterocycles. The lowest BCUT2D eigenvalue weighted by Gasteiger charge is -2.12. The molecule has 0 amide bonds. The SMILES string of the molecule is Cc1c(C(=O)O)c(C(=O)O)cc(-c2ccc(Cl)cc2Cl)[n+]1[O-]. The zero-order valence-corrected chi connectivity index (χ0v) is 12.6. The van der Waals surface area contributed by atoms with E-state index in [2.05, 4.69) is 0 Å². The van der Waals surface area contributed by atoms with Gasteiger partial charge in [0.25, 0.3) is 0 Å². The number of carboxylic acid groups (broad SMARTS) is 2. The lowest BCUT2D eigenvalue weighted by molar-refractivity contribution is -0.600. The molecule has 0 unspecified atom stereocenters. The Morgan fingerprint density at radius 1 is 1.14 bits per heavy atom. The molecule has 22 heavy (non-hydrogen) atoms. The lowest BCUT2D eigenvalue weighted by atomic mass is 10.0. The van der Waals surface area contributed by atoms with Crippen LogP contribution in [0.15, 0.2) is 24.3 Å². The van der Waals surface area contributed by atoms with E-state index in [1.54, 1.807) is 0 Å². The zero-order valence-electron chi connectivity index (χ0n) is 11.1. The Morgan fingerprint density at radius 3 is 2.27 bits per heavy atom. The predicted molar refractivity (Wildman–Crippen MR) is 79.5 cm³/mol. The average Bonchev–Trinajstić information content (AvgIpc) is 2.41. The van der Waals surface area contributed by atoms with E-state index in [4.69, 9.17) is 28.3 Å². The number of carboxylic acids is 2. The van der Waals surface area contributed by atoms with E-state index in [1.165, 1.54) is 25.1 Å². The summed E-state index contributed by atoms with van der Waals surface area (Å²) in [5, 5.41) is 31.1. The normalized spacial score (nSPS) is 10.5. The third-order valence-corrected chi connectivity index (χ3v) is 3.63. The fourth-order valence-electron chi connectivity index (χ4n) is 2.07. The van der Waals surface area contributed by atoms with Crippen LogP contribution in [0.2, 0.25) is 10.0 Å². The Bertz CT molecular complexity index is 804. The van der Waals surface area contributed by atoms with Crippen molar-refractivity contribution in [3.8, 4) is 11.3 Å². The molecule has 0 fully saturated rings. The van der Waals surface area contributed by atoms with E-state index in [-0.39, 0.29) is 22.0 Å². The molecule has 2 N–H and O–H groups in total. The maximum atomic E-state index is 12.3. The van der Waals surface area contributed by atoms with Gasteiger partial charge in [-0.25, -0.2) is 9.59 Å². The maximum absolute atomic E-state index is 12.3. The molecule has 6 nitrogen and oxygen atoms in total. The van der Waals surface area contributed by atoms with Crippen LogP contribution in [0.4, 0.5) is 0 Å². The largest absolute Gasteiger partial charge is 0.618 e. The molecule has 1 aromatic carbocycles. The van der Waals surface area contributed by atoms with Gasteiger partial charge >= 0.3 is 11.9 Å². The smallest absolute Gasteiger partial charge is 0.343 e. The molecule has 2 aromatic rings. The number of rotatable bonds is 3. The van der Waals surface area contributed by atoms with Crippen molar-refractivity contribution >= 4 is 35.1 Å². The fourth-order valence-corrected chi connectivity index (χ4v) is 2.57. The topological polar surface area (TPSA) is 102 Å². The van der Waals surface area contributed by atoms with Crippen molar-refractivity contribution in [1.82, 2.24) is 0 Å². The summed E-state index contributed by atoms with van der Waals surface area (Å²) in [6.45, 7) is 1.23. The Hall–Kier alpha value is -2.31. The molecule has 0 aliphatic heterocycles. The number of aromatic carboxylic acids is 2. The third kappa shape index (κ3) is 2.70. The number of carbonyl (C=O) groups is 2. The number of halogens is 2. The van der Waals surface area contributed by atoms with E-state index in [0.29, 0.717) is 9.75 Å². The first-order valence-electron chi connectivity index (χ1n) is 5.93. The molecule has 0 atom stereocenters. The third-order valence-electron chi connectivity index (χ3n) is 3.09. The first-order valence-corrected chi connectivity index (χ1v) is 6.68. The van der Waals surface area contributed by atoms with Gasteiger partial charge in [0.1, 0.15) is 5.56 Å². The highest BCUT2D eigenvalue weighted by Gasteiger charge is 2.28. The van der Waals surface area contributed by atoms with Gasteiger partial charge in [0.05, 0.1) is 16.1 Å². The minimum absolute atomic E-state index is 0.0680. The van der Waals surface area contributed by atoms with Crippen LogP contribution in [-0.2, 0) is 0 Å². The second-order valence-electron chi connectivity index (χ2n) is 4.43. The molecule has 0 saturated carbocycles. The highest BCUT2D eigenvalue weighted by molar-refractivity contribution is 6.36. The summed E-state index contributed by atoms with van der Waals surface area (Å²) in [6.07, 6.45) is 0. The second kappa shape index (κ2) is 5.82. The van der Waals surface area contributed by atoms with E-state index in [0.717, 1.165) is 6.07 Å². The van der Waals surface area contributed by atoms with Gasteiger partial charge in [-0.15, -0.1) is 0 Å². The van der Waals surface area contributed by atoms with Crippen LogP contribution in [0.1, 0.15) is 26.4 Å². The number of hydrogen-bond acceptors (Lipinski definition) is 3. The molecular formula is C14H9Cl2NO5. The first kappa shape index (κ1) is 16.1. The summed E-state index contributed by atoms with van der Waals surface area (Å²) < 4.78 is 0.338. The van der Waals surface area contributed by atoms with Gasteiger partial charge in [-0.2, -0.15) is 4.73 Å². The molecule has 0 bridgehead atoms. The van der Waals surface area contributed by atoms with Gasteiger partial charge in [-0.05, 0) is 18.2 Å². The average molecular weight is 342 g/mol. The quantitative estimate of drug-likeness (QED) is 0.659. The number of nitrogens with zero attached hydrogens (tertiary/aromatic N) is 1. The summed E-state index contributed by atoms with van der Waals surface area (Å²) in [4.78, 5) is 22.5. The molecule has 0 radical (unpaired) electrons. The zero-order chi connectivity index (χ0) is 16.6. The second-order valence-corrected chi connectivity index (χ2v) is 5.28. The van der Waals surface area contributed by atoms with Gasteiger partial charge in [-0.1, -0.05) is 23.2 Å². The van der Waals surface area contributed by atoms with Crippen molar-refractivity contribution in [2.75, 3.05) is 0 Å². The first-order chi connectivity index (χ1) is 10.2. The molecule has 0 aliphatic carbocycles. The number of hydrogen-bond donors (Lipinski definition) is 2. The maximum Gasteiger partial charge on any atom is 0.343 e. The highest BCUT2D eigenvalue weighted by atomic mass is 35.5. The van der Waals surface area contributed by atoms with Crippen molar-refractivity contribution in [3.63, 3.8) is 0 Å². The summed E-state index contributed by atoms with van der Waals surface area (Å²) >= 11 is 11.8. The Morgan fingerprint density at radius 2 is 1.77 bits per heavy atom. The minimum Gasteiger partial charge on any atom is -0.618 e. The summed E-state index contributed by atoms with van der Waals surface area (Å²) in [7, 11) is 0. The molecule has 8 heteroatoms. The van der Waals surface area contributed by atoms with Crippen molar-refractivity contribution in [2.24, 2.45) is 0 Å². The molecule has 114 valence electrons. The highest BCUT2D eigenvalue weighted by Crippen LogP contribution is 2.30. The monoisotopic (exact) mass is 341 g/mol. The Balaban J connectivity index is 2.83. The predicted octanol–water partition coefficient (Wildman–Crippen LogP) is 3.00. The summed E-state index contributed by atoms with van der Waals surface area (Å²) in [5.41, 5.74) is -1.10. The van der Waals surface area contributed by atoms with Crippen LogP contribution in [-0.4, -0.2) is 22.2 Å². The number of benzene rings is 1. The molecule has 1 heterocycles. The van der Waals surface area contributed by atoms with Crippen molar-refractivity contribution < 1.29 is 24.5 Å². The van der Waals surface area contributed by atoms with Crippen LogP contribution in [0.3, 0.4) is 0 Å². The Labute approximate surface area is 134 Å². The number of pyridine rings is 1. The number of aromatic nitrogens is 1. The summed E-state index contributed by atoms with van der Waals surface area (Å²) in [6, 6.07) is 5.34. The van der Waals surface area contributed by atoms with E-state index in [1.807, 2.05) is 0 Å². The van der Waals surface area contributed by atoms with Gasteiger partial charge in [-0.3, -0.25) is 0 Å². The van der Waals surface area contributed by atoms with E-state index < -0.39 is 23.1 Å². The van der Waals surface area contributed by atoms with E-state index >= 15 is 0 Å². The van der Waals surface area contributed by atoms with Crippen molar-refractivity contribution in [1.29, 1.82) is 0 Å². The van der Waals surface area contributed by atoms with Gasteiger partial charge < -0.3 is 15.4 Å². The molecule has 2 rings (SSSR count). The summed E-state index contributed by atoms with van der Waals surface area (Å²) in [5.74, 6) is -2.94. The van der Waals surface area contributed by atoms with Crippen LogP contribution >= 0.6 is 23.2 Å². The molecule has 0 aliphatic rings. The van der Waals surface area contributed by atoms with Crippen LogP contribution in [0.25, 0.3) is 11.3 Å². The van der Waals surface area contributed by atoms with Crippen molar-refractivity contribution in [3.05, 3.63) is 56.3 Å². The molecule has 0 spiro atoms. The van der Waals surface area contributed by atoms with Gasteiger partial charge in [0, 0.05) is 18.0 Å². The van der Waals surface area contributed by atoms with Gasteiger partial charge in [0.15, 0.2) is 0 Å².